The van der Waals surface area contributed by atoms with E-state index in [9.17, 15) is 9.59 Å². The number of carboxylic acids is 2. The monoisotopic (exact) mass is 786 g/mol. The third-order valence-corrected chi connectivity index (χ3v) is 9.08. The fourth-order valence-corrected chi connectivity index (χ4v) is 6.26. The molecule has 0 fully saturated rings. The summed E-state index contributed by atoms with van der Waals surface area (Å²) in [7, 11) is -3.18. The number of benzene rings is 7. The molecule has 7 aromatic carbocycles. The van der Waals surface area contributed by atoms with Crippen LogP contribution in [0.4, 0.5) is 0 Å². The van der Waals surface area contributed by atoms with E-state index in [0.29, 0.717) is 34.5 Å². The molecular weight excluding hydrogens is 750 g/mol. The molecule has 0 aliphatic heterocycles. The third kappa shape index (κ3) is 14.5. The van der Waals surface area contributed by atoms with E-state index < -0.39 is 29.1 Å². The third-order valence-electron chi connectivity index (χ3n) is 6.92. The zero-order valence-corrected chi connectivity index (χ0v) is 31.5. The second kappa shape index (κ2) is 22.4. The van der Waals surface area contributed by atoms with Crippen LogP contribution >= 0.6 is 17.2 Å². The molecule has 7 aromatic rings. The summed E-state index contributed by atoms with van der Waals surface area (Å²) < 4.78 is 35.1. The minimum absolute atomic E-state index is 0.0833. The fourth-order valence-electron chi connectivity index (χ4n) is 4.27. The van der Waals surface area contributed by atoms with E-state index in [1.807, 2.05) is 182 Å². The van der Waals surface area contributed by atoms with Gasteiger partial charge in [-0.2, -0.15) is 0 Å². The second-order valence-corrected chi connectivity index (χ2v) is 13.1. The van der Waals surface area contributed by atoms with Gasteiger partial charge in [-0.05, 0) is 97.1 Å². The molecule has 282 valence electrons. The van der Waals surface area contributed by atoms with Gasteiger partial charge in [-0.3, -0.25) is 0 Å². The molecule has 0 atom stereocenters. The SMILES string of the molecule is O=C(O)c1ccc(C(=O)O)cc1.c1ccc(OP(Oc2ccccc2)Oc2ccccc2)cc1.c1ccc(OP(Oc2ccccc2)Oc2ccccc2)cc1. The lowest BCUT2D eigenvalue weighted by Gasteiger charge is -2.17. The summed E-state index contributed by atoms with van der Waals surface area (Å²) in [5.41, 5.74) is 0.167. The highest BCUT2D eigenvalue weighted by atomic mass is 31.2. The lowest BCUT2D eigenvalue weighted by molar-refractivity contribution is 0.0681. The van der Waals surface area contributed by atoms with Gasteiger partial charge in [0.15, 0.2) is 0 Å². The fraction of sp³-hybridized carbons (Fsp3) is 0. The smallest absolute Gasteiger partial charge is 0.478 e. The molecule has 0 aromatic heterocycles. The molecular formula is C44H36O10P2. The summed E-state index contributed by atoms with van der Waals surface area (Å²) in [6.07, 6.45) is 0. The maximum absolute atomic E-state index is 10.3. The molecule has 12 heteroatoms. The van der Waals surface area contributed by atoms with Crippen molar-refractivity contribution >= 4 is 29.1 Å². The van der Waals surface area contributed by atoms with Crippen molar-refractivity contribution in [1.29, 1.82) is 0 Å². The first-order valence-electron chi connectivity index (χ1n) is 17.0. The molecule has 0 spiro atoms. The summed E-state index contributed by atoms with van der Waals surface area (Å²) in [6.45, 7) is 0. The predicted octanol–water partition coefficient (Wildman–Crippen LogP) is 12.0. The van der Waals surface area contributed by atoms with E-state index >= 15 is 0 Å². The number of rotatable bonds is 14. The first kappa shape index (κ1) is 40.3. The Morgan fingerprint density at radius 2 is 0.446 bits per heavy atom. The maximum Gasteiger partial charge on any atom is 0.530 e. The van der Waals surface area contributed by atoms with Crippen molar-refractivity contribution in [3.63, 3.8) is 0 Å². The Morgan fingerprint density at radius 3 is 0.589 bits per heavy atom. The van der Waals surface area contributed by atoms with Gasteiger partial charge in [-0.25, -0.2) is 9.59 Å². The first-order chi connectivity index (χ1) is 27.4. The van der Waals surface area contributed by atoms with Crippen LogP contribution in [0.2, 0.25) is 0 Å². The normalized spacial score (nSPS) is 10.0. The van der Waals surface area contributed by atoms with Gasteiger partial charge in [0.25, 0.3) is 0 Å². The van der Waals surface area contributed by atoms with Crippen molar-refractivity contribution in [1.82, 2.24) is 0 Å². The van der Waals surface area contributed by atoms with Crippen LogP contribution in [0.1, 0.15) is 20.7 Å². The van der Waals surface area contributed by atoms with Crippen molar-refractivity contribution in [3.05, 3.63) is 217 Å². The standard InChI is InChI=1S/2C18H15O3P.C8H6O4/c2*1-4-10-16(11-5-1)19-22(20-17-12-6-2-7-13-17)21-18-14-8-3-9-15-18;9-7(10)5-1-2-6(4-3-5)8(11)12/h2*1-15H;1-4H,(H,9,10)(H,11,12). The van der Waals surface area contributed by atoms with Gasteiger partial charge in [0.2, 0.25) is 0 Å². The molecule has 7 rings (SSSR count). The molecule has 0 radical (unpaired) electrons. The summed E-state index contributed by atoms with van der Waals surface area (Å²) >= 11 is 0. The van der Waals surface area contributed by atoms with Crippen LogP contribution in [-0.2, 0) is 0 Å². The maximum atomic E-state index is 10.3. The molecule has 0 amide bonds. The molecule has 56 heavy (non-hydrogen) atoms. The Bertz CT molecular complexity index is 1790. The van der Waals surface area contributed by atoms with Crippen molar-refractivity contribution in [2.45, 2.75) is 0 Å². The van der Waals surface area contributed by atoms with Gasteiger partial charge in [0.1, 0.15) is 34.5 Å². The van der Waals surface area contributed by atoms with Crippen molar-refractivity contribution in [3.8, 4) is 34.5 Å². The Balaban J connectivity index is 0.000000168. The minimum atomic E-state index is -1.59. The summed E-state index contributed by atoms with van der Waals surface area (Å²) in [5, 5.41) is 16.9. The lowest BCUT2D eigenvalue weighted by atomic mass is 10.1. The van der Waals surface area contributed by atoms with E-state index in [1.54, 1.807) is 0 Å². The van der Waals surface area contributed by atoms with Crippen molar-refractivity contribution < 1.29 is 46.9 Å². The van der Waals surface area contributed by atoms with E-state index in [4.69, 9.17) is 37.4 Å². The molecule has 0 heterocycles. The number of hydrogen-bond acceptors (Lipinski definition) is 8. The topological polar surface area (TPSA) is 130 Å². The molecule has 2 N–H and O–H groups in total. The second-order valence-electron chi connectivity index (χ2n) is 11.1. The number of aromatic carboxylic acids is 2. The molecule has 0 aliphatic carbocycles. The average molecular weight is 787 g/mol. The Morgan fingerprint density at radius 1 is 0.286 bits per heavy atom. The molecule has 0 unspecified atom stereocenters. The summed E-state index contributed by atoms with van der Waals surface area (Å²) in [6, 6.07) is 62.0. The lowest BCUT2D eigenvalue weighted by Crippen LogP contribution is -2.02. The largest absolute Gasteiger partial charge is 0.530 e. The highest BCUT2D eigenvalue weighted by Gasteiger charge is 2.20. The average Bonchev–Trinajstić information content (AvgIpc) is 3.23. The Labute approximate surface area is 327 Å². The number of carbonyl (C=O) groups is 2. The van der Waals surface area contributed by atoms with Gasteiger partial charge in [-0.1, -0.05) is 109 Å². The van der Waals surface area contributed by atoms with Crippen LogP contribution in [0.3, 0.4) is 0 Å². The number of hydrogen-bond donors (Lipinski definition) is 2. The number of carboxylic acid groups (broad SMARTS) is 2. The van der Waals surface area contributed by atoms with Gasteiger partial charge in [0, 0.05) is 0 Å². The zero-order valence-electron chi connectivity index (χ0n) is 29.7. The molecule has 0 saturated carbocycles. The molecule has 10 nitrogen and oxygen atoms in total. The molecule has 0 saturated heterocycles. The van der Waals surface area contributed by atoms with Crippen molar-refractivity contribution in [2.24, 2.45) is 0 Å². The van der Waals surface area contributed by atoms with Crippen LogP contribution in [-0.4, -0.2) is 22.2 Å². The van der Waals surface area contributed by atoms with Gasteiger partial charge in [-0.15, -0.1) is 0 Å². The predicted molar refractivity (Wildman–Crippen MR) is 217 cm³/mol. The van der Waals surface area contributed by atoms with Crippen molar-refractivity contribution in [2.75, 3.05) is 0 Å². The Kier molecular flexibility index (Phi) is 16.1. The van der Waals surface area contributed by atoms with Crippen LogP contribution in [0.15, 0.2) is 206 Å². The van der Waals surface area contributed by atoms with Gasteiger partial charge in [0.05, 0.1) is 11.1 Å². The highest BCUT2D eigenvalue weighted by molar-refractivity contribution is 7.43. The van der Waals surface area contributed by atoms with E-state index in [2.05, 4.69) is 0 Å². The summed E-state index contributed by atoms with van der Waals surface area (Å²) in [4.78, 5) is 20.7. The zero-order chi connectivity index (χ0) is 39.2. The number of para-hydroxylation sites is 6. The highest BCUT2D eigenvalue weighted by Crippen LogP contribution is 2.43. The van der Waals surface area contributed by atoms with Gasteiger partial charge < -0.3 is 37.4 Å². The minimum Gasteiger partial charge on any atom is -0.478 e. The first-order valence-corrected chi connectivity index (χ1v) is 19.2. The molecule has 0 aliphatic rings. The quantitative estimate of drug-likeness (QED) is 0.103. The van der Waals surface area contributed by atoms with Crippen LogP contribution in [0.5, 0.6) is 34.5 Å². The molecule has 0 bridgehead atoms. The van der Waals surface area contributed by atoms with Crippen LogP contribution in [0.25, 0.3) is 0 Å². The van der Waals surface area contributed by atoms with Crippen LogP contribution < -0.4 is 27.1 Å². The van der Waals surface area contributed by atoms with Gasteiger partial charge >= 0.3 is 29.1 Å². The van der Waals surface area contributed by atoms with E-state index in [-0.39, 0.29) is 11.1 Å². The van der Waals surface area contributed by atoms with E-state index in [1.165, 1.54) is 24.3 Å². The Hall–Kier alpha value is -6.86. The summed E-state index contributed by atoms with van der Waals surface area (Å²) in [5.74, 6) is 2.13. The van der Waals surface area contributed by atoms with E-state index in [0.717, 1.165) is 0 Å². The van der Waals surface area contributed by atoms with Crippen LogP contribution in [0, 0.1) is 0 Å².